The van der Waals surface area contributed by atoms with Crippen molar-refractivity contribution >= 4 is 28.6 Å². The van der Waals surface area contributed by atoms with Gasteiger partial charge in [-0.1, -0.05) is 23.7 Å². The molecule has 0 unspecified atom stereocenters. The van der Waals surface area contributed by atoms with Gasteiger partial charge in [0.05, 0.1) is 29.9 Å². The smallest absolute Gasteiger partial charge is 0.392 e. The lowest BCUT2D eigenvalue weighted by Crippen LogP contribution is -2.06. The van der Waals surface area contributed by atoms with E-state index in [4.69, 9.17) is 16.7 Å². The van der Waals surface area contributed by atoms with E-state index in [0.29, 0.717) is 16.6 Å². The predicted molar refractivity (Wildman–Crippen MR) is 91.4 cm³/mol. The van der Waals surface area contributed by atoms with Gasteiger partial charge in [0, 0.05) is 10.4 Å². The number of aliphatic hydroxyl groups is 1. The van der Waals surface area contributed by atoms with Crippen molar-refractivity contribution in [3.63, 3.8) is 0 Å². The summed E-state index contributed by atoms with van der Waals surface area (Å²) in [5, 5.41) is 13.9. The molecule has 3 aromatic rings. The summed E-state index contributed by atoms with van der Waals surface area (Å²) in [6.45, 7) is -0.150. The fraction of sp³-hybridized carbons (Fsp3) is 0.167. The Morgan fingerprint density at radius 3 is 2.58 bits per heavy atom. The minimum atomic E-state index is -4.49. The van der Waals surface area contributed by atoms with Gasteiger partial charge in [-0.3, -0.25) is 4.68 Å². The van der Waals surface area contributed by atoms with E-state index in [0.717, 1.165) is 18.2 Å². The average molecular weight is 385 g/mol. The number of benzene rings is 2. The number of rotatable bonds is 4. The number of hydrogen-bond donors (Lipinski definition) is 1. The van der Waals surface area contributed by atoms with Crippen LogP contribution in [0.2, 0.25) is 5.02 Å². The molecule has 3 rings (SSSR count). The molecule has 1 N–H and O–H groups in total. The van der Waals surface area contributed by atoms with Gasteiger partial charge < -0.3 is 5.11 Å². The van der Waals surface area contributed by atoms with E-state index in [1.165, 1.54) is 35.0 Å². The van der Waals surface area contributed by atoms with E-state index < -0.39 is 17.6 Å². The summed E-state index contributed by atoms with van der Waals surface area (Å²) < 4.78 is 53.7. The van der Waals surface area contributed by atoms with E-state index in [9.17, 15) is 17.6 Å². The van der Waals surface area contributed by atoms with Crippen LogP contribution >= 0.6 is 11.6 Å². The zero-order valence-corrected chi connectivity index (χ0v) is 14.0. The van der Waals surface area contributed by atoms with Gasteiger partial charge in [-0.2, -0.15) is 18.3 Å². The van der Waals surface area contributed by atoms with Crippen LogP contribution in [-0.4, -0.2) is 21.5 Å². The highest BCUT2D eigenvalue weighted by Gasteiger charge is 2.31. The largest absolute Gasteiger partial charge is 0.416 e. The molecule has 2 aromatic carbocycles. The topological polar surface area (TPSA) is 38.1 Å². The van der Waals surface area contributed by atoms with Crippen LogP contribution in [0.3, 0.4) is 0 Å². The van der Waals surface area contributed by atoms with Gasteiger partial charge in [-0.05, 0) is 42.0 Å². The number of halogens is 5. The molecular formula is C18H13ClF4N2O. The van der Waals surface area contributed by atoms with Crippen molar-refractivity contribution < 1.29 is 22.7 Å². The first-order valence-corrected chi connectivity index (χ1v) is 7.96. The van der Waals surface area contributed by atoms with Crippen molar-refractivity contribution in [3.05, 3.63) is 70.1 Å². The Balaban J connectivity index is 2.14. The van der Waals surface area contributed by atoms with Crippen LogP contribution in [0, 0.1) is 5.82 Å². The minimum Gasteiger partial charge on any atom is -0.392 e. The standard InChI is InChI=1S/C18H13ClF4N2O/c19-15-9-13(20)5-3-11(15)10-25-17-8-12(18(21,22)23)4-6-14(17)16(24-25)2-1-7-26/h1-6,8-9,26H,7,10H2. The maximum Gasteiger partial charge on any atom is 0.416 e. The molecule has 26 heavy (non-hydrogen) atoms. The lowest BCUT2D eigenvalue weighted by Gasteiger charge is -2.09. The van der Waals surface area contributed by atoms with Crippen molar-refractivity contribution in [2.24, 2.45) is 0 Å². The van der Waals surface area contributed by atoms with E-state index in [-0.39, 0.29) is 23.7 Å². The van der Waals surface area contributed by atoms with Crippen molar-refractivity contribution in [1.29, 1.82) is 0 Å². The highest BCUT2D eigenvalue weighted by Crippen LogP contribution is 2.33. The molecule has 1 heterocycles. The molecule has 8 heteroatoms. The average Bonchev–Trinajstić information content (AvgIpc) is 2.92. The van der Waals surface area contributed by atoms with Gasteiger partial charge in [0.25, 0.3) is 0 Å². The van der Waals surface area contributed by atoms with Crippen LogP contribution in [0.1, 0.15) is 16.8 Å². The van der Waals surface area contributed by atoms with Crippen LogP contribution in [0.15, 0.2) is 42.5 Å². The number of aromatic nitrogens is 2. The summed E-state index contributed by atoms with van der Waals surface area (Å²) in [5.41, 5.74) is 0.403. The first kappa shape index (κ1) is 18.4. The van der Waals surface area contributed by atoms with Crippen LogP contribution in [0.4, 0.5) is 17.6 Å². The van der Waals surface area contributed by atoms with Crippen molar-refractivity contribution in [1.82, 2.24) is 9.78 Å². The fourth-order valence-electron chi connectivity index (χ4n) is 2.60. The second-order valence-corrected chi connectivity index (χ2v) is 6.00. The molecule has 0 aliphatic carbocycles. The van der Waals surface area contributed by atoms with E-state index in [1.54, 1.807) is 0 Å². The summed E-state index contributed by atoms with van der Waals surface area (Å²) in [4.78, 5) is 0. The number of fused-ring (bicyclic) bond motifs is 1. The molecule has 0 atom stereocenters. The first-order valence-electron chi connectivity index (χ1n) is 7.58. The third-order valence-electron chi connectivity index (χ3n) is 3.82. The third kappa shape index (κ3) is 3.73. The maximum absolute atomic E-state index is 13.2. The van der Waals surface area contributed by atoms with E-state index >= 15 is 0 Å². The molecule has 0 fully saturated rings. The number of nitrogens with zero attached hydrogens (tertiary/aromatic N) is 2. The number of hydrogen-bond acceptors (Lipinski definition) is 2. The van der Waals surface area contributed by atoms with Crippen LogP contribution in [0.25, 0.3) is 17.0 Å². The van der Waals surface area contributed by atoms with Gasteiger partial charge in [0.1, 0.15) is 5.82 Å². The summed E-state index contributed by atoms with van der Waals surface area (Å²) in [7, 11) is 0. The normalized spacial score (nSPS) is 12.4. The molecule has 0 spiro atoms. The first-order chi connectivity index (χ1) is 12.3. The Hall–Kier alpha value is -2.38. The van der Waals surface area contributed by atoms with Gasteiger partial charge in [-0.15, -0.1) is 0 Å². The Morgan fingerprint density at radius 1 is 1.15 bits per heavy atom. The van der Waals surface area contributed by atoms with Crippen LogP contribution in [-0.2, 0) is 12.7 Å². The zero-order valence-electron chi connectivity index (χ0n) is 13.3. The highest BCUT2D eigenvalue weighted by atomic mass is 35.5. The Kier molecular flexibility index (Phi) is 5.02. The molecule has 1 aromatic heterocycles. The SMILES string of the molecule is OCC=Cc1nn(Cc2ccc(F)cc2Cl)c2cc(C(F)(F)F)ccc12. The molecule has 0 aliphatic rings. The quantitative estimate of drug-likeness (QED) is 0.650. The molecule has 0 saturated carbocycles. The number of alkyl halides is 3. The Bertz CT molecular complexity index is 979. The summed E-state index contributed by atoms with van der Waals surface area (Å²) in [6, 6.07) is 7.15. The second kappa shape index (κ2) is 7.09. The summed E-state index contributed by atoms with van der Waals surface area (Å²) >= 11 is 6.02. The minimum absolute atomic E-state index is 0.0733. The molecule has 0 amide bonds. The van der Waals surface area contributed by atoms with Crippen molar-refractivity contribution in [3.8, 4) is 0 Å². The fourth-order valence-corrected chi connectivity index (χ4v) is 2.82. The molecule has 0 aliphatic heterocycles. The molecule has 0 radical (unpaired) electrons. The predicted octanol–water partition coefficient (Wildman–Crippen LogP) is 4.90. The lowest BCUT2D eigenvalue weighted by molar-refractivity contribution is -0.137. The molecule has 3 nitrogen and oxygen atoms in total. The molecular weight excluding hydrogens is 372 g/mol. The summed E-state index contributed by atoms with van der Waals surface area (Å²) in [5.74, 6) is -0.505. The van der Waals surface area contributed by atoms with E-state index in [1.807, 2.05) is 0 Å². The van der Waals surface area contributed by atoms with Gasteiger partial charge in [0.2, 0.25) is 0 Å². The molecule has 0 bridgehead atoms. The Labute approximate surface area is 151 Å². The van der Waals surface area contributed by atoms with Crippen molar-refractivity contribution in [2.45, 2.75) is 12.7 Å². The van der Waals surface area contributed by atoms with Gasteiger partial charge >= 0.3 is 6.18 Å². The molecule has 136 valence electrons. The maximum atomic E-state index is 13.2. The zero-order chi connectivity index (χ0) is 18.9. The van der Waals surface area contributed by atoms with Crippen LogP contribution in [0.5, 0.6) is 0 Å². The third-order valence-corrected chi connectivity index (χ3v) is 4.18. The van der Waals surface area contributed by atoms with Crippen molar-refractivity contribution in [2.75, 3.05) is 6.61 Å². The number of aliphatic hydroxyl groups excluding tert-OH is 1. The highest BCUT2D eigenvalue weighted by molar-refractivity contribution is 6.31. The van der Waals surface area contributed by atoms with E-state index in [2.05, 4.69) is 5.10 Å². The monoisotopic (exact) mass is 384 g/mol. The Morgan fingerprint density at radius 2 is 1.92 bits per heavy atom. The summed E-state index contributed by atoms with van der Waals surface area (Å²) in [6.07, 6.45) is -1.52. The molecule has 0 saturated heterocycles. The van der Waals surface area contributed by atoms with Gasteiger partial charge in [-0.25, -0.2) is 4.39 Å². The lowest BCUT2D eigenvalue weighted by atomic mass is 10.1. The van der Waals surface area contributed by atoms with Gasteiger partial charge in [0.15, 0.2) is 0 Å². The van der Waals surface area contributed by atoms with Crippen LogP contribution < -0.4 is 0 Å². The second-order valence-electron chi connectivity index (χ2n) is 5.59.